The Morgan fingerprint density at radius 3 is 2.46 bits per heavy atom. The Kier molecular flexibility index (Phi) is 6.50. The summed E-state index contributed by atoms with van der Waals surface area (Å²) >= 11 is 6.24. The summed E-state index contributed by atoms with van der Waals surface area (Å²) in [7, 11) is 0. The zero-order valence-corrected chi connectivity index (χ0v) is 14.9. The predicted octanol–water partition coefficient (Wildman–Crippen LogP) is 4.92. The van der Waals surface area contributed by atoms with E-state index in [1.807, 2.05) is 44.2 Å². The van der Waals surface area contributed by atoms with E-state index in [2.05, 4.69) is 5.32 Å². The minimum atomic E-state index is -0.309. The molecule has 0 aliphatic carbocycles. The van der Waals surface area contributed by atoms with E-state index in [0.29, 0.717) is 29.5 Å². The zero-order valence-electron chi connectivity index (χ0n) is 14.1. The van der Waals surface area contributed by atoms with Gasteiger partial charge in [-0.1, -0.05) is 17.7 Å². The van der Waals surface area contributed by atoms with Crippen LogP contribution in [0.4, 0.5) is 5.69 Å². The maximum absolute atomic E-state index is 11.6. The topological polar surface area (TPSA) is 47.6 Å². The summed E-state index contributed by atoms with van der Waals surface area (Å²) < 4.78 is 10.6. The number of rotatable bonds is 7. The van der Waals surface area contributed by atoms with Crippen molar-refractivity contribution in [3.63, 3.8) is 0 Å². The van der Waals surface area contributed by atoms with Gasteiger partial charge in [-0.05, 0) is 62.7 Å². The molecule has 0 saturated carbocycles. The molecule has 0 spiro atoms. The summed E-state index contributed by atoms with van der Waals surface area (Å²) in [6.45, 7) is 6.71. The normalized spacial score (nSPS) is 10.5. The Bertz CT molecular complexity index is 684. The van der Waals surface area contributed by atoms with Crippen molar-refractivity contribution in [3.8, 4) is 5.75 Å². The van der Waals surface area contributed by atoms with Gasteiger partial charge < -0.3 is 14.8 Å². The van der Waals surface area contributed by atoms with E-state index in [1.54, 1.807) is 19.1 Å². The molecule has 5 heteroatoms. The lowest BCUT2D eigenvalue weighted by Crippen LogP contribution is -2.06. The molecule has 2 rings (SSSR count). The summed E-state index contributed by atoms with van der Waals surface area (Å²) in [5, 5.41) is 3.89. The Morgan fingerprint density at radius 2 is 1.88 bits per heavy atom. The largest absolute Gasteiger partial charge is 0.489 e. The van der Waals surface area contributed by atoms with Crippen molar-refractivity contribution in [3.05, 3.63) is 58.6 Å². The number of nitrogens with one attached hydrogen (secondary N) is 1. The summed E-state index contributed by atoms with van der Waals surface area (Å²) in [5.41, 5.74) is 2.51. The highest BCUT2D eigenvalue weighted by Gasteiger charge is 2.07. The molecular weight excluding hydrogens is 326 g/mol. The van der Waals surface area contributed by atoms with Crippen LogP contribution in [0.3, 0.4) is 0 Å². The fraction of sp³-hybridized carbons (Fsp3) is 0.316. The molecule has 0 atom stereocenters. The molecule has 0 saturated heterocycles. The van der Waals surface area contributed by atoms with E-state index in [9.17, 15) is 4.79 Å². The van der Waals surface area contributed by atoms with Crippen LogP contribution in [0.2, 0.25) is 5.02 Å². The molecule has 0 unspecified atom stereocenters. The number of benzene rings is 2. The third-order valence-corrected chi connectivity index (χ3v) is 3.55. The first-order valence-electron chi connectivity index (χ1n) is 7.95. The van der Waals surface area contributed by atoms with Gasteiger partial charge in [-0.2, -0.15) is 0 Å². The number of ether oxygens (including phenoxy) is 2. The number of hydrogen-bond donors (Lipinski definition) is 1. The molecule has 0 aromatic heterocycles. The third kappa shape index (κ3) is 5.17. The lowest BCUT2D eigenvalue weighted by molar-refractivity contribution is 0.0526. The Hall–Kier alpha value is -2.20. The summed E-state index contributed by atoms with van der Waals surface area (Å²) in [6.07, 6.45) is 0.0874. The number of anilines is 1. The average molecular weight is 348 g/mol. The lowest BCUT2D eigenvalue weighted by atomic mass is 10.2. The van der Waals surface area contributed by atoms with Crippen molar-refractivity contribution in [1.82, 2.24) is 0 Å². The molecule has 1 N–H and O–H groups in total. The van der Waals surface area contributed by atoms with Crippen molar-refractivity contribution in [2.45, 2.75) is 33.4 Å². The van der Waals surface area contributed by atoms with Gasteiger partial charge >= 0.3 is 5.97 Å². The minimum absolute atomic E-state index is 0.0874. The highest BCUT2D eigenvalue weighted by atomic mass is 35.5. The second-order valence-corrected chi connectivity index (χ2v) is 5.99. The number of esters is 1. The highest BCUT2D eigenvalue weighted by molar-refractivity contribution is 6.32. The molecule has 0 heterocycles. The van der Waals surface area contributed by atoms with Gasteiger partial charge in [0.05, 0.1) is 23.3 Å². The monoisotopic (exact) mass is 347 g/mol. The first-order chi connectivity index (χ1) is 11.5. The van der Waals surface area contributed by atoms with Gasteiger partial charge in [0, 0.05) is 12.2 Å². The van der Waals surface area contributed by atoms with Crippen LogP contribution in [0.5, 0.6) is 5.75 Å². The molecule has 128 valence electrons. The summed E-state index contributed by atoms with van der Waals surface area (Å²) in [4.78, 5) is 11.6. The SMILES string of the molecule is CCOC(=O)c1ccc(NCc2ccc(OC(C)C)c(Cl)c2)cc1. The Labute approximate surface area is 147 Å². The maximum atomic E-state index is 11.6. The molecule has 0 aliphatic rings. The van der Waals surface area contributed by atoms with Crippen LogP contribution in [-0.4, -0.2) is 18.7 Å². The Balaban J connectivity index is 1.95. The van der Waals surface area contributed by atoms with Gasteiger partial charge in [-0.15, -0.1) is 0 Å². The molecule has 4 nitrogen and oxygen atoms in total. The van der Waals surface area contributed by atoms with Crippen LogP contribution in [0.1, 0.15) is 36.7 Å². The number of carbonyl (C=O) groups is 1. The second kappa shape index (κ2) is 8.60. The molecule has 0 aliphatic heterocycles. The van der Waals surface area contributed by atoms with Crippen LogP contribution in [0, 0.1) is 0 Å². The van der Waals surface area contributed by atoms with Gasteiger partial charge in [-0.25, -0.2) is 4.79 Å². The minimum Gasteiger partial charge on any atom is -0.489 e. The first kappa shape index (κ1) is 18.1. The van der Waals surface area contributed by atoms with Crippen molar-refractivity contribution in [1.29, 1.82) is 0 Å². The average Bonchev–Trinajstić information content (AvgIpc) is 2.55. The van der Waals surface area contributed by atoms with E-state index in [1.165, 1.54) is 0 Å². The molecule has 2 aromatic rings. The van der Waals surface area contributed by atoms with Crippen molar-refractivity contribution < 1.29 is 14.3 Å². The van der Waals surface area contributed by atoms with Crippen LogP contribution >= 0.6 is 11.6 Å². The van der Waals surface area contributed by atoms with E-state index in [4.69, 9.17) is 21.1 Å². The van der Waals surface area contributed by atoms with Crippen molar-refractivity contribution >= 4 is 23.3 Å². The molecule has 2 aromatic carbocycles. The molecule has 0 fully saturated rings. The van der Waals surface area contributed by atoms with Crippen molar-refractivity contribution in [2.24, 2.45) is 0 Å². The first-order valence-corrected chi connectivity index (χ1v) is 8.33. The third-order valence-electron chi connectivity index (χ3n) is 3.25. The molecule has 0 radical (unpaired) electrons. The van der Waals surface area contributed by atoms with Crippen LogP contribution in [0.15, 0.2) is 42.5 Å². The lowest BCUT2D eigenvalue weighted by Gasteiger charge is -2.13. The number of halogens is 1. The van der Waals surface area contributed by atoms with Gasteiger partial charge in [0.2, 0.25) is 0 Å². The van der Waals surface area contributed by atoms with Gasteiger partial charge in [0.25, 0.3) is 0 Å². The van der Waals surface area contributed by atoms with Crippen LogP contribution in [-0.2, 0) is 11.3 Å². The smallest absolute Gasteiger partial charge is 0.338 e. The van der Waals surface area contributed by atoms with Gasteiger partial charge in [0.1, 0.15) is 5.75 Å². The van der Waals surface area contributed by atoms with Crippen molar-refractivity contribution in [2.75, 3.05) is 11.9 Å². The summed E-state index contributed by atoms with van der Waals surface area (Å²) in [5.74, 6) is 0.380. The van der Waals surface area contributed by atoms with E-state index in [0.717, 1.165) is 11.3 Å². The van der Waals surface area contributed by atoms with Gasteiger partial charge in [0.15, 0.2) is 0 Å². The number of carbonyl (C=O) groups excluding carboxylic acids is 1. The molecule has 0 bridgehead atoms. The fourth-order valence-electron chi connectivity index (χ4n) is 2.15. The second-order valence-electron chi connectivity index (χ2n) is 5.58. The summed E-state index contributed by atoms with van der Waals surface area (Å²) in [6, 6.07) is 12.9. The molecule has 24 heavy (non-hydrogen) atoms. The molecule has 0 amide bonds. The fourth-order valence-corrected chi connectivity index (χ4v) is 2.39. The Morgan fingerprint density at radius 1 is 1.17 bits per heavy atom. The standard InChI is InChI=1S/C19H22ClNO3/c1-4-23-19(22)15-6-8-16(9-7-15)21-12-14-5-10-18(17(20)11-14)24-13(2)3/h5-11,13,21H,4,12H2,1-3H3. The quantitative estimate of drug-likeness (QED) is 0.722. The van der Waals surface area contributed by atoms with Crippen LogP contribution in [0.25, 0.3) is 0 Å². The van der Waals surface area contributed by atoms with E-state index in [-0.39, 0.29) is 12.1 Å². The van der Waals surface area contributed by atoms with Gasteiger partial charge in [-0.3, -0.25) is 0 Å². The van der Waals surface area contributed by atoms with E-state index >= 15 is 0 Å². The predicted molar refractivity (Wildman–Crippen MR) is 96.9 cm³/mol. The number of hydrogen-bond acceptors (Lipinski definition) is 4. The maximum Gasteiger partial charge on any atom is 0.338 e. The highest BCUT2D eigenvalue weighted by Crippen LogP contribution is 2.26. The zero-order chi connectivity index (χ0) is 17.5. The van der Waals surface area contributed by atoms with Crippen LogP contribution < -0.4 is 10.1 Å². The van der Waals surface area contributed by atoms with E-state index < -0.39 is 0 Å². The molecular formula is C19H22ClNO3.